The maximum absolute atomic E-state index is 5.25. The Balaban J connectivity index is 1.71. The number of likely N-dealkylation sites (tertiary alicyclic amines) is 2. The molecule has 0 aromatic rings. The van der Waals surface area contributed by atoms with Gasteiger partial charge in [-0.15, -0.1) is 12.3 Å². The Hall–Kier alpha value is -0.520. The summed E-state index contributed by atoms with van der Waals surface area (Å²) in [6.07, 6.45) is 8.75. The summed E-state index contributed by atoms with van der Waals surface area (Å²) in [5, 5.41) is 0. The van der Waals surface area contributed by atoms with Crippen molar-refractivity contribution in [2.24, 2.45) is 5.41 Å². The molecule has 0 bridgehead atoms. The quantitative estimate of drug-likeness (QED) is 0.487. The lowest BCUT2D eigenvalue weighted by molar-refractivity contribution is 0.0308. The third-order valence-electron chi connectivity index (χ3n) is 3.52. The van der Waals surface area contributed by atoms with Crippen molar-refractivity contribution >= 4 is 0 Å². The average Bonchev–Trinajstić information content (AvgIpc) is 2.49. The summed E-state index contributed by atoms with van der Waals surface area (Å²) >= 11 is 0. The zero-order valence-electron chi connectivity index (χ0n) is 9.13. The molecule has 2 nitrogen and oxygen atoms in total. The molecule has 2 saturated heterocycles. The Bertz CT molecular complexity index is 235. The summed E-state index contributed by atoms with van der Waals surface area (Å²) in [5.74, 6) is 2.71. The van der Waals surface area contributed by atoms with E-state index in [2.05, 4.69) is 22.8 Å². The first kappa shape index (κ1) is 10.0. The highest BCUT2D eigenvalue weighted by Crippen LogP contribution is 2.38. The van der Waals surface area contributed by atoms with E-state index in [9.17, 15) is 0 Å². The first-order valence-corrected chi connectivity index (χ1v) is 5.58. The molecule has 14 heavy (non-hydrogen) atoms. The molecule has 0 saturated carbocycles. The van der Waals surface area contributed by atoms with Gasteiger partial charge in [0.1, 0.15) is 0 Å². The van der Waals surface area contributed by atoms with Gasteiger partial charge in [0.05, 0.1) is 0 Å². The lowest BCUT2D eigenvalue weighted by Crippen LogP contribution is -2.55. The number of nitrogens with zero attached hydrogens (tertiary/aromatic N) is 2. The molecule has 2 rings (SSSR count). The first-order chi connectivity index (χ1) is 6.74. The minimum atomic E-state index is 0.658. The highest BCUT2D eigenvalue weighted by atomic mass is 15.2. The third kappa shape index (κ3) is 1.94. The van der Waals surface area contributed by atoms with Crippen molar-refractivity contribution in [3.05, 3.63) is 0 Å². The van der Waals surface area contributed by atoms with Gasteiger partial charge >= 0.3 is 0 Å². The van der Waals surface area contributed by atoms with E-state index in [1.54, 1.807) is 0 Å². The molecule has 2 fully saturated rings. The van der Waals surface area contributed by atoms with Crippen LogP contribution < -0.4 is 0 Å². The second-order valence-corrected chi connectivity index (χ2v) is 5.01. The van der Waals surface area contributed by atoms with E-state index in [1.165, 1.54) is 45.6 Å². The summed E-state index contributed by atoms with van der Waals surface area (Å²) in [4.78, 5) is 5.01. The maximum atomic E-state index is 5.25. The molecule has 0 radical (unpaired) electrons. The van der Waals surface area contributed by atoms with Gasteiger partial charge in [-0.2, -0.15) is 0 Å². The molecule has 2 aliphatic rings. The predicted octanol–water partition coefficient (Wildman–Crippen LogP) is 1.04. The smallest absolute Gasteiger partial charge is 0.00982 e. The summed E-state index contributed by atoms with van der Waals surface area (Å²) in [5.41, 5.74) is 0.658. The highest BCUT2D eigenvalue weighted by Gasteiger charge is 2.45. The van der Waals surface area contributed by atoms with Crippen LogP contribution in [0.5, 0.6) is 0 Å². The minimum absolute atomic E-state index is 0.658. The van der Waals surface area contributed by atoms with Crippen LogP contribution in [0.15, 0.2) is 0 Å². The molecule has 2 aliphatic heterocycles. The number of hydrogen-bond donors (Lipinski definition) is 0. The second kappa shape index (κ2) is 3.92. The molecule has 78 valence electrons. The SMILES string of the molecule is C#CCCCN1CCC2(CN(C)C2)C1. The van der Waals surface area contributed by atoms with Crippen LogP contribution in [0.3, 0.4) is 0 Å². The standard InChI is InChI=1S/C12H20N2/c1-3-4-5-7-14-8-6-12(11-14)9-13(2)10-12/h1H,4-11H2,2H3. The molecule has 0 unspecified atom stereocenters. The van der Waals surface area contributed by atoms with Gasteiger partial charge in [-0.1, -0.05) is 0 Å². The summed E-state index contributed by atoms with van der Waals surface area (Å²) in [7, 11) is 2.21. The predicted molar refractivity (Wildman–Crippen MR) is 59.1 cm³/mol. The molecule has 0 aromatic carbocycles. The fraction of sp³-hybridized carbons (Fsp3) is 0.833. The monoisotopic (exact) mass is 192 g/mol. The molecule has 2 heteroatoms. The van der Waals surface area contributed by atoms with Gasteiger partial charge in [0, 0.05) is 31.5 Å². The molecule has 0 N–H and O–H groups in total. The van der Waals surface area contributed by atoms with Gasteiger partial charge in [0.15, 0.2) is 0 Å². The molecule has 0 amide bonds. The number of unbranched alkanes of at least 4 members (excludes halogenated alkanes) is 1. The van der Waals surface area contributed by atoms with Gasteiger partial charge < -0.3 is 9.80 Å². The first-order valence-electron chi connectivity index (χ1n) is 5.58. The Morgan fingerprint density at radius 1 is 1.36 bits per heavy atom. The number of terminal acetylenes is 1. The van der Waals surface area contributed by atoms with E-state index >= 15 is 0 Å². The van der Waals surface area contributed by atoms with Crippen molar-refractivity contribution in [2.45, 2.75) is 19.3 Å². The van der Waals surface area contributed by atoms with Gasteiger partial charge in [-0.3, -0.25) is 0 Å². The lowest BCUT2D eigenvalue weighted by Gasteiger charge is -2.46. The summed E-state index contributed by atoms with van der Waals surface area (Å²) in [6.45, 7) is 6.41. The summed E-state index contributed by atoms with van der Waals surface area (Å²) < 4.78 is 0. The molecular formula is C12H20N2. The van der Waals surface area contributed by atoms with E-state index in [1.807, 2.05) is 0 Å². The van der Waals surface area contributed by atoms with Gasteiger partial charge in [0.2, 0.25) is 0 Å². The average molecular weight is 192 g/mol. The lowest BCUT2D eigenvalue weighted by atomic mass is 9.79. The van der Waals surface area contributed by atoms with Crippen LogP contribution in [0.4, 0.5) is 0 Å². The van der Waals surface area contributed by atoms with E-state index in [-0.39, 0.29) is 0 Å². The van der Waals surface area contributed by atoms with Crippen molar-refractivity contribution in [2.75, 3.05) is 39.8 Å². The van der Waals surface area contributed by atoms with Gasteiger partial charge in [0.25, 0.3) is 0 Å². The Kier molecular flexibility index (Phi) is 2.80. The van der Waals surface area contributed by atoms with Crippen LogP contribution in [0.25, 0.3) is 0 Å². The minimum Gasteiger partial charge on any atom is -0.305 e. The molecule has 1 spiro atoms. The van der Waals surface area contributed by atoms with Gasteiger partial charge in [-0.05, 0) is 33.0 Å². The van der Waals surface area contributed by atoms with Crippen molar-refractivity contribution in [1.82, 2.24) is 9.80 Å². The molecule has 0 aromatic heterocycles. The molecular weight excluding hydrogens is 172 g/mol. The molecule has 2 heterocycles. The van der Waals surface area contributed by atoms with Crippen molar-refractivity contribution < 1.29 is 0 Å². The van der Waals surface area contributed by atoms with Gasteiger partial charge in [-0.25, -0.2) is 0 Å². The third-order valence-corrected chi connectivity index (χ3v) is 3.52. The summed E-state index contributed by atoms with van der Waals surface area (Å²) in [6, 6.07) is 0. The van der Waals surface area contributed by atoms with E-state index < -0.39 is 0 Å². The molecule has 0 atom stereocenters. The zero-order valence-corrected chi connectivity index (χ0v) is 9.13. The van der Waals surface area contributed by atoms with Crippen molar-refractivity contribution in [3.63, 3.8) is 0 Å². The fourth-order valence-corrected chi connectivity index (χ4v) is 2.98. The van der Waals surface area contributed by atoms with Crippen LogP contribution in [0.1, 0.15) is 19.3 Å². The van der Waals surface area contributed by atoms with Crippen LogP contribution in [-0.4, -0.2) is 49.6 Å². The molecule has 0 aliphatic carbocycles. The van der Waals surface area contributed by atoms with E-state index in [4.69, 9.17) is 6.42 Å². The Morgan fingerprint density at radius 2 is 2.14 bits per heavy atom. The number of rotatable bonds is 3. The van der Waals surface area contributed by atoms with Crippen molar-refractivity contribution in [1.29, 1.82) is 0 Å². The van der Waals surface area contributed by atoms with Crippen molar-refractivity contribution in [3.8, 4) is 12.3 Å². The Labute approximate surface area is 87.3 Å². The van der Waals surface area contributed by atoms with Crippen LogP contribution >= 0.6 is 0 Å². The van der Waals surface area contributed by atoms with E-state index in [0.717, 1.165) is 6.42 Å². The van der Waals surface area contributed by atoms with Crippen LogP contribution in [0, 0.1) is 17.8 Å². The normalized spacial score (nSPS) is 26.3. The van der Waals surface area contributed by atoms with E-state index in [0.29, 0.717) is 5.41 Å². The number of hydrogen-bond acceptors (Lipinski definition) is 2. The zero-order chi connectivity index (χ0) is 10.0. The second-order valence-electron chi connectivity index (χ2n) is 5.01. The van der Waals surface area contributed by atoms with Crippen LogP contribution in [0.2, 0.25) is 0 Å². The topological polar surface area (TPSA) is 6.48 Å². The fourth-order valence-electron chi connectivity index (χ4n) is 2.98. The highest BCUT2D eigenvalue weighted by molar-refractivity contribution is 5.00. The largest absolute Gasteiger partial charge is 0.305 e. The maximum Gasteiger partial charge on any atom is 0.00982 e. The Morgan fingerprint density at radius 3 is 2.79 bits per heavy atom. The van der Waals surface area contributed by atoms with Crippen LogP contribution in [-0.2, 0) is 0 Å².